The minimum absolute atomic E-state index is 0.0136. The molecule has 0 fully saturated rings. The first-order valence-electron chi connectivity index (χ1n) is 5.35. The summed E-state index contributed by atoms with van der Waals surface area (Å²) in [6, 6.07) is 6.09. The van der Waals surface area contributed by atoms with E-state index in [9.17, 15) is 4.39 Å². The number of nitrogens with two attached hydrogens (primary N) is 1. The molecule has 0 aliphatic rings. The molecule has 0 bridgehead atoms. The highest BCUT2D eigenvalue weighted by Crippen LogP contribution is 2.16. The lowest BCUT2D eigenvalue weighted by Crippen LogP contribution is -2.19. The fourth-order valence-corrected chi connectivity index (χ4v) is 1.47. The van der Waals surface area contributed by atoms with E-state index in [1.165, 1.54) is 12.1 Å². The number of hydrogen-bond donors (Lipinski definition) is 1. The predicted octanol–water partition coefficient (Wildman–Crippen LogP) is 1.57. The number of hydrogen-bond acceptors (Lipinski definition) is 4. The van der Waals surface area contributed by atoms with Crippen LogP contribution >= 0.6 is 0 Å². The average Bonchev–Trinajstić information content (AvgIpc) is 2.29. The van der Waals surface area contributed by atoms with E-state index in [2.05, 4.69) is 15.2 Å². The number of benzene rings is 1. The molecule has 2 N–H and O–H groups in total. The molecular weight excluding hydrogens is 219 g/mol. The second kappa shape index (κ2) is 4.97. The van der Waals surface area contributed by atoms with Gasteiger partial charge in [-0.2, -0.15) is 5.10 Å². The Labute approximate surface area is 98.7 Å². The second-order valence-electron chi connectivity index (χ2n) is 3.95. The van der Waals surface area contributed by atoms with Crippen LogP contribution in [0.5, 0.6) is 0 Å². The molecule has 0 saturated carbocycles. The van der Waals surface area contributed by atoms with Crippen molar-refractivity contribution in [2.45, 2.75) is 19.4 Å². The summed E-state index contributed by atoms with van der Waals surface area (Å²) in [5.74, 6) is 0.327. The van der Waals surface area contributed by atoms with Gasteiger partial charge in [0.05, 0.1) is 11.9 Å². The zero-order valence-electron chi connectivity index (χ0n) is 9.47. The van der Waals surface area contributed by atoms with Gasteiger partial charge < -0.3 is 5.73 Å². The molecule has 17 heavy (non-hydrogen) atoms. The van der Waals surface area contributed by atoms with Crippen molar-refractivity contribution in [1.82, 2.24) is 15.2 Å². The summed E-state index contributed by atoms with van der Waals surface area (Å²) in [5, 5.41) is 7.78. The fourth-order valence-electron chi connectivity index (χ4n) is 1.47. The van der Waals surface area contributed by atoms with Crippen molar-refractivity contribution in [1.29, 1.82) is 0 Å². The summed E-state index contributed by atoms with van der Waals surface area (Å²) in [6.07, 6.45) is 2.12. The molecular formula is C12H13FN4. The zero-order chi connectivity index (χ0) is 12.3. The first-order valence-corrected chi connectivity index (χ1v) is 5.35. The average molecular weight is 232 g/mol. The summed E-state index contributed by atoms with van der Waals surface area (Å²) in [5.41, 5.74) is 7.16. The maximum absolute atomic E-state index is 12.8. The number of aromatic nitrogens is 3. The van der Waals surface area contributed by atoms with Crippen molar-refractivity contribution in [2.24, 2.45) is 5.73 Å². The van der Waals surface area contributed by atoms with Gasteiger partial charge in [0, 0.05) is 18.0 Å². The van der Waals surface area contributed by atoms with Crippen LogP contribution in [0.25, 0.3) is 11.3 Å². The van der Waals surface area contributed by atoms with Crippen molar-refractivity contribution in [2.75, 3.05) is 0 Å². The van der Waals surface area contributed by atoms with Crippen molar-refractivity contribution in [3.05, 3.63) is 42.1 Å². The molecule has 0 saturated heterocycles. The van der Waals surface area contributed by atoms with Crippen LogP contribution in [0.3, 0.4) is 0 Å². The van der Waals surface area contributed by atoms with Gasteiger partial charge in [0.15, 0.2) is 5.82 Å². The number of halogens is 1. The van der Waals surface area contributed by atoms with Crippen LogP contribution in [0.2, 0.25) is 0 Å². The molecule has 1 aromatic carbocycles. The van der Waals surface area contributed by atoms with Gasteiger partial charge >= 0.3 is 0 Å². The Hall–Kier alpha value is -1.88. The minimum Gasteiger partial charge on any atom is -0.328 e. The molecule has 0 spiro atoms. The van der Waals surface area contributed by atoms with Crippen molar-refractivity contribution >= 4 is 0 Å². The molecule has 1 heterocycles. The Balaban J connectivity index is 2.29. The predicted molar refractivity (Wildman–Crippen MR) is 62.6 cm³/mol. The highest BCUT2D eigenvalue weighted by atomic mass is 19.1. The Morgan fingerprint density at radius 1 is 1.29 bits per heavy atom. The summed E-state index contributed by atoms with van der Waals surface area (Å²) in [7, 11) is 0. The Morgan fingerprint density at radius 2 is 2.00 bits per heavy atom. The fraction of sp³-hybridized carbons (Fsp3) is 0.250. The molecule has 0 amide bonds. The third-order valence-electron chi connectivity index (χ3n) is 2.25. The summed E-state index contributed by atoms with van der Waals surface area (Å²) in [4.78, 5) is 4.34. The van der Waals surface area contributed by atoms with E-state index >= 15 is 0 Å². The molecule has 1 aromatic heterocycles. The standard InChI is InChI=1S/C12H13FN4/c1-8(14)6-12-16-11(7-15-17-12)9-2-4-10(13)5-3-9/h2-5,7-8H,6,14H2,1H3. The van der Waals surface area contributed by atoms with Crippen LogP contribution in [-0.4, -0.2) is 21.2 Å². The SMILES string of the molecule is CC(N)Cc1nncc(-c2ccc(F)cc2)n1. The monoisotopic (exact) mass is 232 g/mol. The van der Waals surface area contributed by atoms with Crippen LogP contribution in [-0.2, 0) is 6.42 Å². The molecule has 0 aliphatic heterocycles. The molecule has 5 heteroatoms. The largest absolute Gasteiger partial charge is 0.328 e. The van der Waals surface area contributed by atoms with Gasteiger partial charge in [0.25, 0.3) is 0 Å². The second-order valence-corrected chi connectivity index (χ2v) is 3.95. The lowest BCUT2D eigenvalue weighted by Gasteiger charge is -2.05. The van der Waals surface area contributed by atoms with E-state index in [4.69, 9.17) is 5.73 Å². The molecule has 0 radical (unpaired) electrons. The van der Waals surface area contributed by atoms with E-state index in [1.807, 2.05) is 6.92 Å². The Bertz CT molecular complexity index is 496. The van der Waals surface area contributed by atoms with E-state index in [0.717, 1.165) is 5.56 Å². The molecule has 2 aromatic rings. The normalized spacial score (nSPS) is 12.4. The molecule has 0 aliphatic carbocycles. The van der Waals surface area contributed by atoms with Crippen molar-refractivity contribution < 1.29 is 4.39 Å². The maximum Gasteiger partial charge on any atom is 0.153 e. The smallest absolute Gasteiger partial charge is 0.153 e. The van der Waals surface area contributed by atoms with Gasteiger partial charge in [-0.15, -0.1) is 5.10 Å². The van der Waals surface area contributed by atoms with Crippen LogP contribution in [0, 0.1) is 5.82 Å². The third kappa shape index (κ3) is 3.04. The molecule has 4 nitrogen and oxygen atoms in total. The summed E-state index contributed by atoms with van der Waals surface area (Å²) in [6.45, 7) is 1.88. The summed E-state index contributed by atoms with van der Waals surface area (Å²) < 4.78 is 12.8. The van der Waals surface area contributed by atoms with Gasteiger partial charge in [0.2, 0.25) is 0 Å². The van der Waals surface area contributed by atoms with Crippen LogP contribution in [0.1, 0.15) is 12.7 Å². The topological polar surface area (TPSA) is 64.7 Å². The molecule has 88 valence electrons. The van der Waals surface area contributed by atoms with E-state index in [0.29, 0.717) is 17.9 Å². The first-order chi connectivity index (χ1) is 8.15. The van der Waals surface area contributed by atoms with E-state index in [1.54, 1.807) is 18.3 Å². The highest BCUT2D eigenvalue weighted by molar-refractivity contribution is 5.57. The van der Waals surface area contributed by atoms with Gasteiger partial charge in [-0.25, -0.2) is 9.37 Å². The van der Waals surface area contributed by atoms with Crippen molar-refractivity contribution in [3.63, 3.8) is 0 Å². The lowest BCUT2D eigenvalue weighted by atomic mass is 10.1. The van der Waals surface area contributed by atoms with Gasteiger partial charge in [-0.1, -0.05) is 0 Å². The maximum atomic E-state index is 12.8. The van der Waals surface area contributed by atoms with Crippen LogP contribution in [0.4, 0.5) is 4.39 Å². The zero-order valence-corrected chi connectivity index (χ0v) is 9.47. The van der Waals surface area contributed by atoms with Crippen LogP contribution in [0.15, 0.2) is 30.5 Å². The van der Waals surface area contributed by atoms with Gasteiger partial charge in [-0.05, 0) is 31.2 Å². The van der Waals surface area contributed by atoms with Crippen molar-refractivity contribution in [3.8, 4) is 11.3 Å². The first kappa shape index (κ1) is 11.6. The highest BCUT2D eigenvalue weighted by Gasteiger charge is 2.05. The Kier molecular flexibility index (Phi) is 3.39. The lowest BCUT2D eigenvalue weighted by molar-refractivity contribution is 0.628. The quantitative estimate of drug-likeness (QED) is 0.872. The Morgan fingerprint density at radius 3 is 2.65 bits per heavy atom. The number of rotatable bonds is 3. The van der Waals surface area contributed by atoms with Gasteiger partial charge in [0.1, 0.15) is 5.82 Å². The molecule has 1 unspecified atom stereocenters. The van der Waals surface area contributed by atoms with E-state index in [-0.39, 0.29) is 11.9 Å². The molecule has 1 atom stereocenters. The van der Waals surface area contributed by atoms with Crippen LogP contribution < -0.4 is 5.73 Å². The van der Waals surface area contributed by atoms with E-state index < -0.39 is 0 Å². The summed E-state index contributed by atoms with van der Waals surface area (Å²) >= 11 is 0. The third-order valence-corrected chi connectivity index (χ3v) is 2.25. The number of nitrogens with zero attached hydrogens (tertiary/aromatic N) is 3. The molecule has 2 rings (SSSR count). The van der Waals surface area contributed by atoms with Gasteiger partial charge in [-0.3, -0.25) is 0 Å². The minimum atomic E-state index is -0.272.